The minimum Gasteiger partial charge on any atom is -0.494 e. The van der Waals surface area contributed by atoms with E-state index in [-0.39, 0.29) is 25.0 Å². The molecule has 1 saturated carbocycles. The van der Waals surface area contributed by atoms with Gasteiger partial charge in [-0.3, -0.25) is 14.4 Å². The Morgan fingerprint density at radius 1 is 1.06 bits per heavy atom. The molecule has 4 aromatic rings. The molecule has 47 heavy (non-hydrogen) atoms. The van der Waals surface area contributed by atoms with E-state index in [0.29, 0.717) is 54.9 Å². The first-order valence-corrected chi connectivity index (χ1v) is 16.7. The predicted molar refractivity (Wildman–Crippen MR) is 176 cm³/mol. The quantitative estimate of drug-likeness (QED) is 0.263. The summed E-state index contributed by atoms with van der Waals surface area (Å²) in [6.07, 6.45) is 3.19. The van der Waals surface area contributed by atoms with Crippen LogP contribution in [0.5, 0.6) is 11.5 Å². The van der Waals surface area contributed by atoms with Gasteiger partial charge in [0.05, 0.1) is 25.0 Å². The van der Waals surface area contributed by atoms with Gasteiger partial charge < -0.3 is 24.4 Å². The lowest BCUT2D eigenvalue weighted by molar-refractivity contribution is -0.153. The number of fused-ring (bicyclic) bond motifs is 3. The largest absolute Gasteiger partial charge is 0.494 e. The second-order valence-electron chi connectivity index (χ2n) is 12.6. The van der Waals surface area contributed by atoms with Gasteiger partial charge in [0.25, 0.3) is 5.91 Å². The summed E-state index contributed by atoms with van der Waals surface area (Å²) in [5.74, 6) is -1.27. The highest BCUT2D eigenvalue weighted by molar-refractivity contribution is 9.10. The number of ether oxygens (including phenoxy) is 2. The summed E-state index contributed by atoms with van der Waals surface area (Å²) >= 11 is 3.75. The van der Waals surface area contributed by atoms with Gasteiger partial charge in [0.2, 0.25) is 5.91 Å². The van der Waals surface area contributed by atoms with E-state index < -0.39 is 23.8 Å². The summed E-state index contributed by atoms with van der Waals surface area (Å²) < 4.78 is 14.7. The molecule has 3 aliphatic rings. The zero-order valence-electron chi connectivity index (χ0n) is 26.3. The second-order valence-corrected chi connectivity index (χ2v) is 13.4. The van der Waals surface area contributed by atoms with Gasteiger partial charge in [-0.05, 0) is 66.3 Å². The molecule has 0 unspecified atom stereocenters. The first-order chi connectivity index (χ1) is 22.7. The SMILES string of the molecule is COc1cc(COc2ccc(Br)c3c2[C@@H](CN2Cc4ccccc4C2=O)N(C(=O)[C@@H]2CCCC[C@@H]2C(=O)O)CC3)cc2nnn(C)c12. The van der Waals surface area contributed by atoms with Gasteiger partial charge in [-0.25, -0.2) is 4.68 Å². The fourth-order valence-corrected chi connectivity index (χ4v) is 8.12. The number of amides is 2. The molecular weight excluding hydrogens is 666 g/mol. The summed E-state index contributed by atoms with van der Waals surface area (Å²) in [7, 11) is 3.41. The molecule has 11 nitrogen and oxygen atoms in total. The minimum atomic E-state index is -0.926. The van der Waals surface area contributed by atoms with Gasteiger partial charge in [0, 0.05) is 42.3 Å². The fraction of sp³-hybridized carbons (Fsp3) is 0.400. The molecule has 1 fully saturated rings. The van der Waals surface area contributed by atoms with Gasteiger partial charge in [-0.1, -0.05) is 52.2 Å². The van der Waals surface area contributed by atoms with Crippen molar-refractivity contribution in [2.24, 2.45) is 18.9 Å². The molecular formula is C35H36BrN5O6. The van der Waals surface area contributed by atoms with Crippen LogP contribution in [0.25, 0.3) is 11.0 Å². The lowest BCUT2D eigenvalue weighted by Crippen LogP contribution is -2.50. The van der Waals surface area contributed by atoms with Crippen LogP contribution in [-0.2, 0) is 36.2 Å². The first kappa shape index (κ1) is 31.2. The zero-order chi connectivity index (χ0) is 32.8. The van der Waals surface area contributed by atoms with Crippen LogP contribution in [0.1, 0.15) is 64.3 Å². The Labute approximate surface area is 280 Å². The third-order valence-corrected chi connectivity index (χ3v) is 10.6. The standard InChI is InChI=1S/C35H36BrN5O6/c1-39-32-27(37-38-39)15-20(16-30(32)46-2)19-47-29-12-11-26(36)25-13-14-41(34(43)23-9-5-6-10-24(23)35(44)45)28(31(25)29)18-40-17-21-7-3-4-8-22(21)33(40)42/h3-4,7-8,11-12,15-16,23-24,28H,5-6,9-10,13-14,17-19H2,1-2H3,(H,44,45)/t23-,24+,28-/m1/s1. The maximum absolute atomic E-state index is 14.4. The van der Waals surface area contributed by atoms with Crippen LogP contribution in [0.3, 0.4) is 0 Å². The van der Waals surface area contributed by atoms with Crippen molar-refractivity contribution in [2.45, 2.75) is 51.3 Å². The first-order valence-electron chi connectivity index (χ1n) is 16.0. The summed E-state index contributed by atoms with van der Waals surface area (Å²) in [5, 5.41) is 18.4. The third-order valence-electron chi connectivity index (χ3n) is 9.88. The number of carbonyl (C=O) groups excluding carboxylic acids is 2. The van der Waals surface area contributed by atoms with Crippen molar-refractivity contribution >= 4 is 44.7 Å². The van der Waals surface area contributed by atoms with Crippen molar-refractivity contribution in [1.82, 2.24) is 24.8 Å². The molecule has 2 aliphatic heterocycles. The topological polar surface area (TPSA) is 127 Å². The van der Waals surface area contributed by atoms with E-state index in [9.17, 15) is 19.5 Å². The zero-order valence-corrected chi connectivity index (χ0v) is 27.9. The highest BCUT2D eigenvalue weighted by Gasteiger charge is 2.44. The number of aryl methyl sites for hydroxylation is 1. The van der Waals surface area contributed by atoms with E-state index in [4.69, 9.17) is 9.47 Å². The Morgan fingerprint density at radius 3 is 2.62 bits per heavy atom. The van der Waals surface area contributed by atoms with Crippen LogP contribution in [-0.4, -0.2) is 67.9 Å². The van der Waals surface area contributed by atoms with Gasteiger partial charge in [0.1, 0.15) is 29.1 Å². The lowest BCUT2D eigenvalue weighted by atomic mass is 9.77. The van der Waals surface area contributed by atoms with Crippen molar-refractivity contribution in [3.05, 3.63) is 80.8 Å². The average molecular weight is 703 g/mol. The normalized spacial score (nSPS) is 20.7. The molecule has 1 aromatic heterocycles. The van der Waals surface area contributed by atoms with Gasteiger partial charge >= 0.3 is 5.97 Å². The minimum absolute atomic E-state index is 0.0805. The van der Waals surface area contributed by atoms with E-state index >= 15 is 0 Å². The number of hydrogen-bond acceptors (Lipinski definition) is 7. The lowest BCUT2D eigenvalue weighted by Gasteiger charge is -2.43. The molecule has 1 aliphatic carbocycles. The Bertz CT molecular complexity index is 1890. The number of carboxylic acid groups (broad SMARTS) is 1. The van der Waals surface area contributed by atoms with Gasteiger partial charge in [0.15, 0.2) is 0 Å². The molecule has 3 atom stereocenters. The van der Waals surface area contributed by atoms with Crippen LogP contribution in [0.15, 0.2) is 53.0 Å². The Morgan fingerprint density at radius 2 is 1.85 bits per heavy atom. The average Bonchev–Trinajstić information content (AvgIpc) is 3.62. The number of benzene rings is 3. The summed E-state index contributed by atoms with van der Waals surface area (Å²) in [5.41, 5.74) is 5.76. The van der Waals surface area contributed by atoms with Crippen LogP contribution in [0, 0.1) is 11.8 Å². The third kappa shape index (κ3) is 5.62. The number of aliphatic carboxylic acids is 1. The highest BCUT2D eigenvalue weighted by atomic mass is 79.9. The predicted octanol–water partition coefficient (Wildman–Crippen LogP) is 5.29. The number of halogens is 1. The molecule has 244 valence electrons. The molecule has 0 radical (unpaired) electrons. The summed E-state index contributed by atoms with van der Waals surface area (Å²) in [4.78, 5) is 43.9. The van der Waals surface area contributed by atoms with Crippen LogP contribution in [0.2, 0.25) is 0 Å². The van der Waals surface area contributed by atoms with Crippen LogP contribution >= 0.6 is 15.9 Å². The number of carbonyl (C=O) groups is 3. The van der Waals surface area contributed by atoms with Crippen molar-refractivity contribution in [2.75, 3.05) is 20.2 Å². The van der Waals surface area contributed by atoms with Crippen LogP contribution < -0.4 is 9.47 Å². The second kappa shape index (κ2) is 12.6. The summed E-state index contributed by atoms with van der Waals surface area (Å²) in [6.45, 7) is 1.31. The maximum Gasteiger partial charge on any atom is 0.307 e. The molecule has 12 heteroatoms. The molecule has 0 saturated heterocycles. The number of hydrogen-bond donors (Lipinski definition) is 1. The molecule has 3 aromatic carbocycles. The molecule has 0 bridgehead atoms. The number of aromatic nitrogens is 3. The number of nitrogens with zero attached hydrogens (tertiary/aromatic N) is 5. The smallest absolute Gasteiger partial charge is 0.307 e. The number of rotatable bonds is 8. The molecule has 7 rings (SSSR count). The van der Waals surface area contributed by atoms with Crippen molar-refractivity contribution in [3.63, 3.8) is 0 Å². The molecule has 0 spiro atoms. The Kier molecular flexibility index (Phi) is 8.37. The van der Waals surface area contributed by atoms with Crippen molar-refractivity contribution in [1.29, 1.82) is 0 Å². The molecule has 2 amide bonds. The monoisotopic (exact) mass is 701 g/mol. The van der Waals surface area contributed by atoms with Crippen molar-refractivity contribution < 1.29 is 29.0 Å². The van der Waals surface area contributed by atoms with Crippen LogP contribution in [0.4, 0.5) is 0 Å². The van der Waals surface area contributed by atoms with Gasteiger partial charge in [-0.2, -0.15) is 0 Å². The summed E-state index contributed by atoms with van der Waals surface area (Å²) in [6, 6.07) is 14.7. The van der Waals surface area contributed by atoms with Gasteiger partial charge in [-0.15, -0.1) is 5.10 Å². The van der Waals surface area contributed by atoms with E-state index in [1.54, 1.807) is 16.7 Å². The van der Waals surface area contributed by atoms with Crippen molar-refractivity contribution in [3.8, 4) is 11.5 Å². The van der Waals surface area contributed by atoms with E-state index in [1.165, 1.54) is 0 Å². The Hall–Kier alpha value is -4.45. The van der Waals surface area contributed by atoms with E-state index in [2.05, 4.69) is 26.2 Å². The fourth-order valence-electron chi connectivity index (χ4n) is 7.58. The van der Waals surface area contributed by atoms with E-state index in [0.717, 1.165) is 45.1 Å². The number of methoxy groups -OCH3 is 1. The van der Waals surface area contributed by atoms with E-state index in [1.807, 2.05) is 60.5 Å². The molecule has 1 N–H and O–H groups in total. The Balaban J connectivity index is 1.26. The number of carboxylic acids is 1. The maximum atomic E-state index is 14.4. The highest BCUT2D eigenvalue weighted by Crippen LogP contribution is 2.44. The molecule has 3 heterocycles.